The van der Waals surface area contributed by atoms with Crippen molar-refractivity contribution in [3.05, 3.63) is 9.66 Å². The molecule has 1 aliphatic carbocycles. The Bertz CT molecular complexity index is 396. The summed E-state index contributed by atoms with van der Waals surface area (Å²) in [6.45, 7) is 5.35. The van der Waals surface area contributed by atoms with Crippen molar-refractivity contribution < 1.29 is 24.1 Å². The minimum Gasteiger partial charge on any atom is -0.385 e. The van der Waals surface area contributed by atoms with Crippen LogP contribution >= 0.6 is 22.6 Å². The SMILES string of the molecule is COC1(C)OC2C=C(I)C(C)(O)CC2OC1(C)OC. The highest BCUT2D eigenvalue weighted by molar-refractivity contribution is 14.1. The first kappa shape index (κ1) is 15.7. The van der Waals surface area contributed by atoms with Crippen molar-refractivity contribution in [2.75, 3.05) is 14.2 Å². The molecular weight excluding hydrogens is 363 g/mol. The predicted molar refractivity (Wildman–Crippen MR) is 77.9 cm³/mol. The van der Waals surface area contributed by atoms with Gasteiger partial charge in [-0.3, -0.25) is 0 Å². The second-order valence-electron chi connectivity index (χ2n) is 5.53. The van der Waals surface area contributed by atoms with E-state index in [0.717, 1.165) is 3.58 Å². The Hall–Kier alpha value is 0.270. The van der Waals surface area contributed by atoms with Gasteiger partial charge in [0.2, 0.25) is 11.6 Å². The molecule has 1 aliphatic heterocycles. The molecule has 0 aromatic carbocycles. The number of methoxy groups -OCH3 is 2. The minimum atomic E-state index is -1.02. The van der Waals surface area contributed by atoms with Gasteiger partial charge in [-0.05, 0) is 49.4 Å². The van der Waals surface area contributed by atoms with Gasteiger partial charge < -0.3 is 24.1 Å². The molecule has 0 radical (unpaired) electrons. The van der Waals surface area contributed by atoms with Gasteiger partial charge in [0.1, 0.15) is 6.10 Å². The molecule has 6 heteroatoms. The van der Waals surface area contributed by atoms with E-state index in [2.05, 4.69) is 22.6 Å². The summed E-state index contributed by atoms with van der Waals surface area (Å²) in [4.78, 5) is 0. The maximum absolute atomic E-state index is 10.3. The Morgan fingerprint density at radius 3 is 2.26 bits per heavy atom. The van der Waals surface area contributed by atoms with Crippen molar-refractivity contribution in [2.24, 2.45) is 0 Å². The standard InChI is InChI=1S/C13H21IO5/c1-11(15)7-9-8(6-10(11)14)18-12(2,16-4)13(3,17-5)19-9/h6,8-9,15H,7H2,1-5H3. The Morgan fingerprint density at radius 2 is 1.74 bits per heavy atom. The lowest BCUT2D eigenvalue weighted by Gasteiger charge is -2.53. The summed E-state index contributed by atoms with van der Waals surface area (Å²) in [5.41, 5.74) is -0.888. The van der Waals surface area contributed by atoms with Crippen LogP contribution in [0.5, 0.6) is 0 Å². The van der Waals surface area contributed by atoms with Gasteiger partial charge in [-0.25, -0.2) is 0 Å². The molecule has 0 spiro atoms. The number of ether oxygens (including phenoxy) is 4. The summed E-state index contributed by atoms with van der Waals surface area (Å²) in [5, 5.41) is 10.3. The molecule has 110 valence electrons. The minimum absolute atomic E-state index is 0.250. The molecule has 1 saturated heterocycles. The van der Waals surface area contributed by atoms with Gasteiger partial charge in [0, 0.05) is 24.2 Å². The van der Waals surface area contributed by atoms with Crippen molar-refractivity contribution in [2.45, 2.75) is 56.6 Å². The van der Waals surface area contributed by atoms with E-state index in [1.165, 1.54) is 0 Å². The molecular formula is C13H21IO5. The number of hydrogen-bond donors (Lipinski definition) is 1. The first-order valence-corrected chi connectivity index (χ1v) is 7.31. The average molecular weight is 384 g/mol. The molecule has 2 aliphatic rings. The highest BCUT2D eigenvalue weighted by Crippen LogP contribution is 2.45. The van der Waals surface area contributed by atoms with Gasteiger partial charge in [0.15, 0.2) is 0 Å². The van der Waals surface area contributed by atoms with Gasteiger partial charge in [0.05, 0.1) is 11.7 Å². The summed E-state index contributed by atoms with van der Waals surface area (Å²) in [6.07, 6.45) is 1.84. The third kappa shape index (κ3) is 2.47. The lowest BCUT2D eigenvalue weighted by atomic mass is 9.87. The molecule has 0 aromatic heterocycles. The molecule has 5 atom stereocenters. The Labute approximate surface area is 127 Å². The quantitative estimate of drug-likeness (QED) is 0.738. The normalized spacial score (nSPS) is 50.6. The van der Waals surface area contributed by atoms with E-state index in [1.807, 2.05) is 6.08 Å². The van der Waals surface area contributed by atoms with Crippen LogP contribution in [0, 0.1) is 0 Å². The number of rotatable bonds is 2. The number of halogens is 1. The van der Waals surface area contributed by atoms with Crippen LogP contribution in [0.4, 0.5) is 0 Å². The van der Waals surface area contributed by atoms with Crippen LogP contribution in [-0.2, 0) is 18.9 Å². The highest BCUT2D eigenvalue weighted by Gasteiger charge is 2.58. The molecule has 1 heterocycles. The average Bonchev–Trinajstić information content (AvgIpc) is 2.33. The molecule has 1 N–H and O–H groups in total. The largest absolute Gasteiger partial charge is 0.385 e. The topological polar surface area (TPSA) is 57.2 Å². The summed E-state index contributed by atoms with van der Waals surface area (Å²) < 4.78 is 23.8. The molecule has 0 aromatic rings. The van der Waals surface area contributed by atoms with Crippen molar-refractivity contribution in [1.82, 2.24) is 0 Å². The first-order chi connectivity index (χ1) is 8.67. The van der Waals surface area contributed by atoms with Crippen molar-refractivity contribution >= 4 is 22.6 Å². The van der Waals surface area contributed by atoms with Crippen LogP contribution in [0.2, 0.25) is 0 Å². The van der Waals surface area contributed by atoms with E-state index in [4.69, 9.17) is 18.9 Å². The fourth-order valence-corrected chi connectivity index (χ4v) is 3.06. The van der Waals surface area contributed by atoms with Crippen LogP contribution in [0.15, 0.2) is 9.66 Å². The van der Waals surface area contributed by atoms with Crippen molar-refractivity contribution in [1.29, 1.82) is 0 Å². The molecule has 5 unspecified atom stereocenters. The first-order valence-electron chi connectivity index (χ1n) is 6.23. The lowest BCUT2D eigenvalue weighted by molar-refractivity contribution is -0.445. The monoisotopic (exact) mass is 384 g/mol. The van der Waals surface area contributed by atoms with E-state index >= 15 is 0 Å². The van der Waals surface area contributed by atoms with E-state index in [-0.39, 0.29) is 12.2 Å². The second-order valence-corrected chi connectivity index (χ2v) is 6.69. The Balaban J connectivity index is 2.34. The predicted octanol–water partition coefficient (Wildman–Crippen LogP) is 1.97. The molecule has 1 fully saturated rings. The van der Waals surface area contributed by atoms with E-state index < -0.39 is 17.2 Å². The van der Waals surface area contributed by atoms with Gasteiger partial charge in [-0.2, -0.15) is 0 Å². The fourth-order valence-electron chi connectivity index (χ4n) is 2.48. The van der Waals surface area contributed by atoms with E-state index in [0.29, 0.717) is 6.42 Å². The maximum atomic E-state index is 10.3. The maximum Gasteiger partial charge on any atom is 0.220 e. The second kappa shape index (κ2) is 4.92. The zero-order valence-corrected chi connectivity index (χ0v) is 14.1. The molecule has 5 nitrogen and oxygen atoms in total. The lowest BCUT2D eigenvalue weighted by Crippen LogP contribution is -2.66. The van der Waals surface area contributed by atoms with Gasteiger partial charge in [-0.1, -0.05) is 0 Å². The summed E-state index contributed by atoms with van der Waals surface area (Å²) >= 11 is 2.13. The van der Waals surface area contributed by atoms with E-state index in [1.54, 1.807) is 35.0 Å². The zero-order valence-electron chi connectivity index (χ0n) is 11.9. The van der Waals surface area contributed by atoms with Crippen molar-refractivity contribution in [3.8, 4) is 0 Å². The van der Waals surface area contributed by atoms with Gasteiger partial charge >= 0.3 is 0 Å². The van der Waals surface area contributed by atoms with Crippen LogP contribution < -0.4 is 0 Å². The van der Waals surface area contributed by atoms with Gasteiger partial charge in [-0.15, -0.1) is 0 Å². The molecule has 0 saturated carbocycles. The summed E-state index contributed by atoms with van der Waals surface area (Å²) in [7, 11) is 3.12. The summed E-state index contributed by atoms with van der Waals surface area (Å²) in [6, 6.07) is 0. The van der Waals surface area contributed by atoms with Crippen molar-refractivity contribution in [3.63, 3.8) is 0 Å². The smallest absolute Gasteiger partial charge is 0.220 e. The van der Waals surface area contributed by atoms with Crippen LogP contribution in [-0.4, -0.2) is 48.7 Å². The molecule has 0 bridgehead atoms. The Kier molecular flexibility index (Phi) is 4.06. The third-order valence-electron chi connectivity index (χ3n) is 4.13. The van der Waals surface area contributed by atoms with Crippen LogP contribution in [0.1, 0.15) is 27.2 Å². The van der Waals surface area contributed by atoms with Gasteiger partial charge in [0.25, 0.3) is 0 Å². The number of fused-ring (bicyclic) bond motifs is 1. The highest BCUT2D eigenvalue weighted by atomic mass is 127. The molecule has 19 heavy (non-hydrogen) atoms. The fraction of sp³-hybridized carbons (Fsp3) is 0.846. The third-order valence-corrected chi connectivity index (χ3v) is 5.65. The molecule has 0 amide bonds. The molecule has 2 rings (SSSR count). The number of hydrogen-bond acceptors (Lipinski definition) is 5. The van der Waals surface area contributed by atoms with Crippen LogP contribution in [0.25, 0.3) is 0 Å². The van der Waals surface area contributed by atoms with Crippen LogP contribution in [0.3, 0.4) is 0 Å². The zero-order chi connectivity index (χ0) is 14.5. The summed E-state index contributed by atoms with van der Waals surface area (Å²) in [5.74, 6) is -2.02. The number of aliphatic hydroxyl groups is 1. The Morgan fingerprint density at radius 1 is 1.21 bits per heavy atom. The van der Waals surface area contributed by atoms with E-state index in [9.17, 15) is 5.11 Å².